The zero-order chi connectivity index (χ0) is 24.6. The first kappa shape index (κ1) is 22.7. The molecule has 178 valence electrons. The Bertz CT molecular complexity index is 1530. The normalized spacial score (nSPS) is 15.1. The summed E-state index contributed by atoms with van der Waals surface area (Å²) >= 11 is 0. The van der Waals surface area contributed by atoms with Crippen LogP contribution in [-0.2, 0) is 14.8 Å². The highest BCUT2D eigenvalue weighted by atomic mass is 32.2. The Balaban J connectivity index is 1.38. The van der Waals surface area contributed by atoms with E-state index in [4.69, 9.17) is 4.74 Å². The molecule has 2 amide bonds. The van der Waals surface area contributed by atoms with E-state index in [1.54, 1.807) is 19.2 Å². The molecule has 1 unspecified atom stereocenters. The topological polar surface area (TPSA) is 109 Å². The number of amides is 2. The molecule has 3 aromatic carbocycles. The van der Waals surface area contributed by atoms with Crippen LogP contribution in [0.5, 0.6) is 5.75 Å². The number of H-pyrrole nitrogens is 1. The number of nitrogens with one attached hydrogen (secondary N) is 2. The van der Waals surface area contributed by atoms with Crippen LogP contribution in [0.1, 0.15) is 27.4 Å². The van der Waals surface area contributed by atoms with Crippen molar-refractivity contribution in [2.24, 2.45) is 0 Å². The molecule has 0 radical (unpaired) electrons. The van der Waals surface area contributed by atoms with Crippen LogP contribution >= 0.6 is 0 Å². The molecule has 35 heavy (non-hydrogen) atoms. The Morgan fingerprint density at radius 3 is 2.49 bits per heavy atom. The molecule has 5 rings (SSSR count). The number of methoxy groups -OCH3 is 1. The lowest BCUT2D eigenvalue weighted by Gasteiger charge is -2.20. The molecule has 1 aromatic heterocycles. The molecule has 2 N–H and O–H groups in total. The highest BCUT2D eigenvalue weighted by molar-refractivity contribution is 7.90. The predicted molar refractivity (Wildman–Crippen MR) is 131 cm³/mol. The average Bonchev–Trinajstić information content (AvgIpc) is 3.38. The Kier molecular flexibility index (Phi) is 5.78. The molecule has 8 nitrogen and oxygen atoms in total. The molecule has 0 saturated carbocycles. The number of hydrogen-bond acceptors (Lipinski definition) is 5. The van der Waals surface area contributed by atoms with E-state index >= 15 is 0 Å². The van der Waals surface area contributed by atoms with Crippen molar-refractivity contribution in [3.05, 3.63) is 95.7 Å². The average molecular weight is 490 g/mol. The summed E-state index contributed by atoms with van der Waals surface area (Å²) in [4.78, 5) is 28.7. The van der Waals surface area contributed by atoms with Crippen molar-refractivity contribution < 1.29 is 22.7 Å². The maximum atomic E-state index is 12.9. The lowest BCUT2D eigenvalue weighted by atomic mass is 9.91. The number of fused-ring (bicyclic) bond motifs is 2. The van der Waals surface area contributed by atoms with E-state index in [-0.39, 0.29) is 22.9 Å². The van der Waals surface area contributed by atoms with Gasteiger partial charge in [0.25, 0.3) is 15.9 Å². The van der Waals surface area contributed by atoms with Crippen LogP contribution in [0.25, 0.3) is 10.9 Å². The first-order valence-electron chi connectivity index (χ1n) is 11.0. The van der Waals surface area contributed by atoms with Crippen molar-refractivity contribution in [1.29, 1.82) is 0 Å². The van der Waals surface area contributed by atoms with Gasteiger partial charge in [-0.2, -0.15) is 0 Å². The molecule has 0 fully saturated rings. The van der Waals surface area contributed by atoms with Gasteiger partial charge in [0.05, 0.1) is 12.7 Å². The second-order valence-electron chi connectivity index (χ2n) is 8.23. The molecule has 0 saturated heterocycles. The predicted octanol–water partition coefficient (Wildman–Crippen LogP) is 3.27. The van der Waals surface area contributed by atoms with Crippen molar-refractivity contribution >= 4 is 32.7 Å². The number of carbonyl (C=O) groups is 2. The first-order chi connectivity index (χ1) is 16.9. The molecule has 9 heteroatoms. The lowest BCUT2D eigenvalue weighted by molar-refractivity contribution is -0.121. The smallest absolute Gasteiger partial charge is 0.269 e. The number of hydrogen-bond donors (Lipinski definition) is 2. The number of nitrogens with zero attached hydrogens (tertiary/aromatic N) is 1. The van der Waals surface area contributed by atoms with Crippen molar-refractivity contribution in [3.8, 4) is 5.75 Å². The van der Waals surface area contributed by atoms with E-state index in [0.717, 1.165) is 22.0 Å². The van der Waals surface area contributed by atoms with Crippen molar-refractivity contribution in [2.45, 2.75) is 10.8 Å². The monoisotopic (exact) mass is 489 g/mol. The molecule has 1 atom stereocenters. The van der Waals surface area contributed by atoms with Gasteiger partial charge in [-0.05, 0) is 41.5 Å². The molecule has 1 aliphatic heterocycles. The number of aromatic amines is 1. The van der Waals surface area contributed by atoms with Gasteiger partial charge in [-0.1, -0.05) is 42.5 Å². The van der Waals surface area contributed by atoms with Gasteiger partial charge in [0.1, 0.15) is 17.2 Å². The fraction of sp³-hybridized carbons (Fsp3) is 0.154. The first-order valence-corrected chi connectivity index (χ1v) is 12.5. The van der Waals surface area contributed by atoms with Crippen LogP contribution in [-0.4, -0.2) is 49.7 Å². The van der Waals surface area contributed by atoms with Crippen molar-refractivity contribution in [1.82, 2.24) is 14.6 Å². The molecular formula is C26H23N3O5S. The summed E-state index contributed by atoms with van der Waals surface area (Å²) in [5, 5.41) is 3.86. The van der Waals surface area contributed by atoms with E-state index in [0.29, 0.717) is 10.1 Å². The number of rotatable bonds is 7. The summed E-state index contributed by atoms with van der Waals surface area (Å²) in [6.45, 7) is -0.374. The highest BCUT2D eigenvalue weighted by Crippen LogP contribution is 2.32. The summed E-state index contributed by atoms with van der Waals surface area (Å²) in [6.07, 6.45) is 1.91. The van der Waals surface area contributed by atoms with Gasteiger partial charge in [0, 0.05) is 29.6 Å². The summed E-state index contributed by atoms with van der Waals surface area (Å²) in [6, 6.07) is 21.4. The van der Waals surface area contributed by atoms with E-state index in [2.05, 4.69) is 10.3 Å². The number of benzene rings is 3. The van der Waals surface area contributed by atoms with Gasteiger partial charge in [0.15, 0.2) is 0 Å². The maximum Gasteiger partial charge on any atom is 0.269 e. The van der Waals surface area contributed by atoms with E-state index in [1.807, 2.05) is 54.7 Å². The third kappa shape index (κ3) is 4.04. The summed E-state index contributed by atoms with van der Waals surface area (Å²) in [7, 11) is -2.46. The number of para-hydroxylation sites is 1. The molecule has 0 spiro atoms. The highest BCUT2D eigenvalue weighted by Gasteiger charge is 2.41. The standard InChI is InChI=1S/C26H23N3O5S/c1-34-18-12-10-17(11-13-18)21(22-15-27-23-8-4-2-6-19(22)23)14-28-25(30)16-29-26(31)20-7-3-5-9-24(20)35(29,32)33/h2-13,15,21,27H,14,16H2,1H3,(H,28,30). The van der Waals surface area contributed by atoms with Crippen LogP contribution in [0.15, 0.2) is 83.9 Å². The largest absolute Gasteiger partial charge is 0.497 e. The Morgan fingerprint density at radius 1 is 1.03 bits per heavy atom. The molecule has 4 aromatic rings. The van der Waals surface area contributed by atoms with Crippen LogP contribution < -0.4 is 10.1 Å². The third-order valence-electron chi connectivity index (χ3n) is 6.22. The van der Waals surface area contributed by atoms with Gasteiger partial charge in [-0.15, -0.1) is 0 Å². The van der Waals surface area contributed by atoms with Crippen LogP contribution in [0.2, 0.25) is 0 Å². The minimum Gasteiger partial charge on any atom is -0.497 e. The Morgan fingerprint density at radius 2 is 1.74 bits per heavy atom. The zero-order valence-electron chi connectivity index (χ0n) is 18.9. The Labute approximate surface area is 202 Å². The van der Waals surface area contributed by atoms with Crippen LogP contribution in [0.4, 0.5) is 0 Å². The number of sulfonamides is 1. The number of ether oxygens (including phenoxy) is 1. The molecular weight excluding hydrogens is 466 g/mol. The fourth-order valence-electron chi connectivity index (χ4n) is 4.42. The van der Waals surface area contributed by atoms with E-state index in [1.165, 1.54) is 12.1 Å². The van der Waals surface area contributed by atoms with Gasteiger partial charge in [-0.25, -0.2) is 12.7 Å². The summed E-state index contributed by atoms with van der Waals surface area (Å²) in [5.41, 5.74) is 2.99. The third-order valence-corrected chi connectivity index (χ3v) is 8.00. The molecule has 0 aliphatic carbocycles. The quantitative estimate of drug-likeness (QED) is 0.414. The molecule has 1 aliphatic rings. The Hall–Kier alpha value is -4.11. The van der Waals surface area contributed by atoms with Gasteiger partial charge >= 0.3 is 0 Å². The second-order valence-corrected chi connectivity index (χ2v) is 10.1. The second kappa shape index (κ2) is 8.92. The van der Waals surface area contributed by atoms with Gasteiger partial charge in [-0.3, -0.25) is 9.59 Å². The summed E-state index contributed by atoms with van der Waals surface area (Å²) < 4.78 is 31.5. The van der Waals surface area contributed by atoms with Crippen LogP contribution in [0, 0.1) is 0 Å². The maximum absolute atomic E-state index is 12.9. The van der Waals surface area contributed by atoms with E-state index < -0.39 is 28.4 Å². The SMILES string of the molecule is COc1ccc(C(CNC(=O)CN2C(=O)c3ccccc3S2(=O)=O)c2c[nH]c3ccccc23)cc1. The minimum atomic E-state index is -4.06. The van der Waals surface area contributed by atoms with Gasteiger partial charge in [0.2, 0.25) is 5.91 Å². The lowest BCUT2D eigenvalue weighted by Crippen LogP contribution is -2.41. The summed E-state index contributed by atoms with van der Waals surface area (Å²) in [5.74, 6) is -0.760. The minimum absolute atomic E-state index is 0.0762. The van der Waals surface area contributed by atoms with Crippen LogP contribution in [0.3, 0.4) is 0 Å². The molecule has 0 bridgehead atoms. The fourth-order valence-corrected chi connectivity index (χ4v) is 5.94. The van der Waals surface area contributed by atoms with Gasteiger partial charge < -0.3 is 15.0 Å². The zero-order valence-corrected chi connectivity index (χ0v) is 19.7. The van der Waals surface area contributed by atoms with E-state index in [9.17, 15) is 18.0 Å². The number of aromatic nitrogens is 1. The molecule has 2 heterocycles. The van der Waals surface area contributed by atoms with Crippen molar-refractivity contribution in [2.75, 3.05) is 20.2 Å². The number of carbonyl (C=O) groups excluding carboxylic acids is 2. The van der Waals surface area contributed by atoms with Crippen molar-refractivity contribution in [3.63, 3.8) is 0 Å².